The van der Waals surface area contributed by atoms with Crippen LogP contribution >= 0.6 is 23.2 Å². The van der Waals surface area contributed by atoms with Gasteiger partial charge in [0.2, 0.25) is 21.8 Å². The summed E-state index contributed by atoms with van der Waals surface area (Å²) < 4.78 is 39.5. The standard InChI is InChI=1S/C22H26Cl2FN3O4S/c1-4-20(22(30)26-5-2)27(13-17-18(23)10-7-11-19(17)24)21(29)14-28(33(3,31)32)16-9-6-8-15(25)12-16/h6-12,20H,4-5,13-14H2,1-3H3,(H,26,30). The Morgan fingerprint density at radius 3 is 2.21 bits per heavy atom. The molecule has 0 spiro atoms. The van der Waals surface area contributed by atoms with Crippen molar-refractivity contribution in [1.29, 1.82) is 0 Å². The fraction of sp³-hybridized carbons (Fsp3) is 0.364. The van der Waals surface area contributed by atoms with Crippen LogP contribution < -0.4 is 9.62 Å². The van der Waals surface area contributed by atoms with E-state index in [1.807, 2.05) is 0 Å². The van der Waals surface area contributed by atoms with Crippen LogP contribution in [0.2, 0.25) is 10.0 Å². The van der Waals surface area contributed by atoms with E-state index < -0.39 is 40.2 Å². The Morgan fingerprint density at radius 2 is 1.70 bits per heavy atom. The van der Waals surface area contributed by atoms with Crippen molar-refractivity contribution in [3.8, 4) is 0 Å². The Morgan fingerprint density at radius 1 is 1.09 bits per heavy atom. The van der Waals surface area contributed by atoms with Crippen molar-refractivity contribution in [3.63, 3.8) is 0 Å². The van der Waals surface area contributed by atoms with E-state index in [0.29, 0.717) is 22.2 Å². The molecule has 0 radical (unpaired) electrons. The molecular weight excluding hydrogens is 492 g/mol. The lowest BCUT2D eigenvalue weighted by Crippen LogP contribution is -2.52. The molecule has 0 aliphatic carbocycles. The van der Waals surface area contributed by atoms with Crippen molar-refractivity contribution < 1.29 is 22.4 Å². The molecule has 1 N–H and O–H groups in total. The maximum atomic E-state index is 13.8. The summed E-state index contributed by atoms with van der Waals surface area (Å²) in [6, 6.07) is 8.87. The fourth-order valence-electron chi connectivity index (χ4n) is 3.31. The normalized spacial score (nSPS) is 12.2. The molecule has 2 amide bonds. The summed E-state index contributed by atoms with van der Waals surface area (Å²) in [7, 11) is -3.95. The minimum absolute atomic E-state index is 0.00682. The van der Waals surface area contributed by atoms with Crippen LogP contribution in [0.25, 0.3) is 0 Å². The number of sulfonamides is 1. The van der Waals surface area contributed by atoms with Gasteiger partial charge in [0.15, 0.2) is 0 Å². The van der Waals surface area contributed by atoms with Gasteiger partial charge in [-0.1, -0.05) is 42.3 Å². The van der Waals surface area contributed by atoms with Crippen LogP contribution in [-0.2, 0) is 26.2 Å². The highest BCUT2D eigenvalue weighted by Crippen LogP contribution is 2.27. The highest BCUT2D eigenvalue weighted by atomic mass is 35.5. The molecule has 0 bridgehead atoms. The van der Waals surface area contributed by atoms with E-state index in [2.05, 4.69) is 5.32 Å². The van der Waals surface area contributed by atoms with Gasteiger partial charge in [0.05, 0.1) is 11.9 Å². The number of benzene rings is 2. The van der Waals surface area contributed by atoms with Gasteiger partial charge in [-0.3, -0.25) is 13.9 Å². The van der Waals surface area contributed by atoms with Crippen LogP contribution in [0.3, 0.4) is 0 Å². The van der Waals surface area contributed by atoms with Crippen LogP contribution in [0, 0.1) is 5.82 Å². The summed E-state index contributed by atoms with van der Waals surface area (Å²) in [6.45, 7) is 3.07. The van der Waals surface area contributed by atoms with Crippen LogP contribution in [0.4, 0.5) is 10.1 Å². The van der Waals surface area contributed by atoms with Gasteiger partial charge in [-0.2, -0.15) is 0 Å². The largest absolute Gasteiger partial charge is 0.355 e. The first kappa shape index (κ1) is 26.9. The van der Waals surface area contributed by atoms with Crippen molar-refractivity contribution in [1.82, 2.24) is 10.2 Å². The lowest BCUT2D eigenvalue weighted by atomic mass is 10.1. The SMILES string of the molecule is CCNC(=O)C(CC)N(Cc1c(Cl)cccc1Cl)C(=O)CN(c1cccc(F)c1)S(C)(=O)=O. The summed E-state index contributed by atoms with van der Waals surface area (Å²) in [5.41, 5.74) is 0.418. The minimum Gasteiger partial charge on any atom is -0.355 e. The lowest BCUT2D eigenvalue weighted by Gasteiger charge is -2.33. The highest BCUT2D eigenvalue weighted by molar-refractivity contribution is 7.92. The van der Waals surface area contributed by atoms with Gasteiger partial charge in [-0.15, -0.1) is 0 Å². The van der Waals surface area contributed by atoms with E-state index in [9.17, 15) is 22.4 Å². The first-order valence-electron chi connectivity index (χ1n) is 10.2. The first-order chi connectivity index (χ1) is 15.5. The van der Waals surface area contributed by atoms with Crippen molar-refractivity contribution >= 4 is 50.7 Å². The molecule has 11 heteroatoms. The number of hydrogen-bond donors (Lipinski definition) is 1. The van der Waals surface area contributed by atoms with Crippen molar-refractivity contribution in [3.05, 3.63) is 63.9 Å². The fourth-order valence-corrected chi connectivity index (χ4v) is 4.67. The second kappa shape index (κ2) is 11.7. The van der Waals surface area contributed by atoms with E-state index in [4.69, 9.17) is 23.2 Å². The zero-order chi connectivity index (χ0) is 24.8. The number of nitrogens with one attached hydrogen (secondary N) is 1. The molecule has 0 saturated carbocycles. The maximum absolute atomic E-state index is 13.8. The predicted molar refractivity (Wildman–Crippen MR) is 128 cm³/mol. The quantitative estimate of drug-likeness (QED) is 0.518. The number of anilines is 1. The summed E-state index contributed by atoms with van der Waals surface area (Å²) >= 11 is 12.6. The molecule has 0 fully saturated rings. The maximum Gasteiger partial charge on any atom is 0.244 e. The highest BCUT2D eigenvalue weighted by Gasteiger charge is 2.32. The zero-order valence-electron chi connectivity index (χ0n) is 18.5. The summed E-state index contributed by atoms with van der Waals surface area (Å²) in [4.78, 5) is 27.4. The molecule has 7 nitrogen and oxygen atoms in total. The molecule has 0 heterocycles. The monoisotopic (exact) mass is 517 g/mol. The summed E-state index contributed by atoms with van der Waals surface area (Å²) in [5.74, 6) is -1.71. The zero-order valence-corrected chi connectivity index (χ0v) is 20.8. The van der Waals surface area contributed by atoms with Gasteiger partial charge in [-0.25, -0.2) is 12.8 Å². The smallest absolute Gasteiger partial charge is 0.244 e. The molecule has 0 aliphatic heterocycles. The van der Waals surface area contributed by atoms with Crippen molar-refractivity contribution in [2.24, 2.45) is 0 Å². The van der Waals surface area contributed by atoms with Gasteiger partial charge in [0.25, 0.3) is 0 Å². The van der Waals surface area contributed by atoms with Crippen LogP contribution in [0.5, 0.6) is 0 Å². The number of hydrogen-bond acceptors (Lipinski definition) is 4. The number of likely N-dealkylation sites (N-methyl/N-ethyl adjacent to an activating group) is 1. The Hall–Kier alpha value is -2.36. The Bertz CT molecular complexity index is 1090. The Kier molecular flexibility index (Phi) is 9.51. The second-order valence-corrected chi connectivity index (χ2v) is 10.0. The molecule has 1 atom stereocenters. The Balaban J connectivity index is 2.49. The van der Waals surface area contributed by atoms with Gasteiger partial charge in [0.1, 0.15) is 18.4 Å². The number of halogens is 3. The summed E-state index contributed by atoms with van der Waals surface area (Å²) in [5, 5.41) is 3.29. The molecule has 2 aromatic carbocycles. The van der Waals surface area contributed by atoms with E-state index in [-0.39, 0.29) is 18.7 Å². The predicted octanol–water partition coefficient (Wildman–Crippen LogP) is 3.84. The molecule has 0 saturated heterocycles. The molecule has 2 rings (SSSR count). The average molecular weight is 518 g/mol. The van der Waals surface area contributed by atoms with Crippen molar-refractivity contribution in [2.75, 3.05) is 23.7 Å². The van der Waals surface area contributed by atoms with Gasteiger partial charge < -0.3 is 10.2 Å². The van der Waals surface area contributed by atoms with Gasteiger partial charge in [-0.05, 0) is 43.7 Å². The molecule has 1 unspecified atom stereocenters. The molecule has 2 aromatic rings. The Labute approximate surface area is 203 Å². The van der Waals surface area contributed by atoms with Crippen molar-refractivity contribution in [2.45, 2.75) is 32.9 Å². The van der Waals surface area contributed by atoms with E-state index in [1.165, 1.54) is 23.1 Å². The molecular formula is C22H26Cl2FN3O4S. The third kappa shape index (κ3) is 7.06. The number of amides is 2. The third-order valence-electron chi connectivity index (χ3n) is 4.90. The van der Waals surface area contributed by atoms with Gasteiger partial charge in [0, 0.05) is 28.7 Å². The number of rotatable bonds is 10. The molecule has 180 valence electrons. The second-order valence-electron chi connectivity index (χ2n) is 7.29. The van der Waals surface area contributed by atoms with Crippen LogP contribution in [-0.4, -0.2) is 50.5 Å². The topological polar surface area (TPSA) is 86.8 Å². The third-order valence-corrected chi connectivity index (χ3v) is 6.75. The van der Waals surface area contributed by atoms with E-state index in [1.54, 1.807) is 32.0 Å². The van der Waals surface area contributed by atoms with E-state index in [0.717, 1.165) is 16.6 Å². The average Bonchev–Trinajstić information content (AvgIpc) is 2.73. The first-order valence-corrected chi connectivity index (χ1v) is 12.8. The number of carbonyl (C=O) groups is 2. The molecule has 0 aliphatic rings. The number of nitrogens with zero attached hydrogens (tertiary/aromatic N) is 2. The minimum atomic E-state index is -3.95. The van der Waals surface area contributed by atoms with Crippen LogP contribution in [0.15, 0.2) is 42.5 Å². The van der Waals surface area contributed by atoms with E-state index >= 15 is 0 Å². The molecule has 0 aromatic heterocycles. The summed E-state index contributed by atoms with van der Waals surface area (Å²) in [6.07, 6.45) is 1.18. The van der Waals surface area contributed by atoms with Gasteiger partial charge >= 0.3 is 0 Å². The van der Waals surface area contributed by atoms with Crippen LogP contribution in [0.1, 0.15) is 25.8 Å². The number of carbonyl (C=O) groups excluding carboxylic acids is 2. The molecule has 33 heavy (non-hydrogen) atoms. The lowest BCUT2D eigenvalue weighted by molar-refractivity contribution is -0.140.